The summed E-state index contributed by atoms with van der Waals surface area (Å²) in [5.74, 6) is 3.04. The summed E-state index contributed by atoms with van der Waals surface area (Å²) in [7, 11) is 3.15. The maximum atomic E-state index is 12.1. The molecule has 1 aromatic heterocycles. The second-order valence-electron chi connectivity index (χ2n) is 8.56. The van der Waals surface area contributed by atoms with E-state index in [0.29, 0.717) is 58.0 Å². The van der Waals surface area contributed by atoms with Gasteiger partial charge in [0.2, 0.25) is 0 Å². The molecule has 1 heterocycles. The Hall–Kier alpha value is -4.17. The molecule has 3 aromatic carbocycles. The van der Waals surface area contributed by atoms with Crippen molar-refractivity contribution in [2.45, 2.75) is 20.3 Å². The minimum atomic E-state index is -1.03. The summed E-state index contributed by atoms with van der Waals surface area (Å²) in [6.07, 6.45) is 1.15. The van der Waals surface area contributed by atoms with Crippen LogP contribution in [0.5, 0.6) is 28.7 Å². The van der Waals surface area contributed by atoms with Crippen LogP contribution in [0.4, 0.5) is 10.5 Å². The zero-order valence-corrected chi connectivity index (χ0v) is 22.4. The van der Waals surface area contributed by atoms with Gasteiger partial charge in [0.25, 0.3) is 0 Å². The van der Waals surface area contributed by atoms with Crippen LogP contribution in [0.2, 0.25) is 5.02 Å². The van der Waals surface area contributed by atoms with Gasteiger partial charge in [-0.25, -0.2) is 4.79 Å². The summed E-state index contributed by atoms with van der Waals surface area (Å²) in [4.78, 5) is 17.9. The van der Waals surface area contributed by atoms with Crippen LogP contribution < -0.4 is 23.8 Å². The molecule has 0 saturated heterocycles. The van der Waals surface area contributed by atoms with Crippen LogP contribution in [-0.4, -0.2) is 43.6 Å². The fraction of sp³-hybridized carbons (Fsp3) is 0.241. The Bertz CT molecular complexity index is 1440. The molecule has 0 bridgehead atoms. The van der Waals surface area contributed by atoms with Crippen LogP contribution in [0.15, 0.2) is 60.8 Å². The predicted octanol–water partition coefficient (Wildman–Crippen LogP) is 7.27. The SMILES string of the molecule is COc1cc2nccc(Oc3ccc(N(CCCOc4ccc(Cl)cc4)C(=O)O)c(C)c3C)c2cc1OC. The monoisotopic (exact) mass is 536 g/mol. The first kappa shape index (κ1) is 26.9. The van der Waals surface area contributed by atoms with Crippen molar-refractivity contribution in [2.75, 3.05) is 32.3 Å². The number of fused-ring (bicyclic) bond motifs is 1. The smallest absolute Gasteiger partial charge is 0.411 e. The summed E-state index contributed by atoms with van der Waals surface area (Å²) in [5.41, 5.74) is 2.93. The lowest BCUT2D eigenvalue weighted by atomic mass is 10.1. The van der Waals surface area contributed by atoms with Gasteiger partial charge in [0.05, 0.1) is 32.0 Å². The number of nitrogens with zero attached hydrogens (tertiary/aromatic N) is 2. The minimum Gasteiger partial charge on any atom is -0.494 e. The number of pyridine rings is 1. The van der Waals surface area contributed by atoms with E-state index in [-0.39, 0.29) is 6.54 Å². The molecule has 0 aliphatic heterocycles. The molecule has 8 nitrogen and oxygen atoms in total. The summed E-state index contributed by atoms with van der Waals surface area (Å²) < 4.78 is 22.8. The van der Waals surface area contributed by atoms with Crippen molar-refractivity contribution in [3.63, 3.8) is 0 Å². The first-order valence-corrected chi connectivity index (χ1v) is 12.4. The van der Waals surface area contributed by atoms with E-state index in [2.05, 4.69) is 4.98 Å². The van der Waals surface area contributed by atoms with Gasteiger partial charge in [0.15, 0.2) is 11.5 Å². The number of carbonyl (C=O) groups is 1. The molecule has 4 aromatic rings. The number of benzene rings is 3. The van der Waals surface area contributed by atoms with Gasteiger partial charge in [0.1, 0.15) is 17.2 Å². The number of amides is 1. The maximum Gasteiger partial charge on any atom is 0.411 e. The van der Waals surface area contributed by atoms with E-state index in [1.54, 1.807) is 68.9 Å². The van der Waals surface area contributed by atoms with E-state index in [1.165, 1.54) is 4.90 Å². The summed E-state index contributed by atoms with van der Waals surface area (Å²) in [6.45, 7) is 4.44. The molecule has 1 amide bonds. The highest BCUT2D eigenvalue weighted by molar-refractivity contribution is 6.30. The average Bonchev–Trinajstić information content (AvgIpc) is 2.92. The summed E-state index contributed by atoms with van der Waals surface area (Å²) >= 11 is 5.90. The van der Waals surface area contributed by atoms with Crippen molar-refractivity contribution >= 4 is 34.3 Å². The lowest BCUT2D eigenvalue weighted by molar-refractivity contribution is 0.201. The molecule has 0 aliphatic carbocycles. The second kappa shape index (κ2) is 11.9. The van der Waals surface area contributed by atoms with E-state index in [4.69, 9.17) is 30.5 Å². The van der Waals surface area contributed by atoms with Crippen molar-refractivity contribution in [1.82, 2.24) is 4.98 Å². The predicted molar refractivity (Wildman–Crippen MR) is 148 cm³/mol. The number of rotatable bonds is 10. The molecule has 0 radical (unpaired) electrons. The number of ether oxygens (including phenoxy) is 4. The molecule has 9 heteroatoms. The lowest BCUT2D eigenvalue weighted by Crippen LogP contribution is -2.31. The van der Waals surface area contributed by atoms with Crippen molar-refractivity contribution in [3.8, 4) is 28.7 Å². The van der Waals surface area contributed by atoms with Crippen molar-refractivity contribution in [1.29, 1.82) is 0 Å². The van der Waals surface area contributed by atoms with Crippen molar-refractivity contribution < 1.29 is 28.8 Å². The molecule has 198 valence electrons. The number of methoxy groups -OCH3 is 2. The minimum absolute atomic E-state index is 0.278. The first-order chi connectivity index (χ1) is 18.3. The van der Waals surface area contributed by atoms with Gasteiger partial charge in [0, 0.05) is 29.2 Å². The number of hydrogen-bond acceptors (Lipinski definition) is 6. The fourth-order valence-corrected chi connectivity index (χ4v) is 4.23. The largest absolute Gasteiger partial charge is 0.494 e. The molecule has 4 rings (SSSR count). The molecule has 0 fully saturated rings. The number of hydrogen-bond donors (Lipinski definition) is 1. The van der Waals surface area contributed by atoms with Gasteiger partial charge in [-0.05, 0) is 79.9 Å². The third kappa shape index (κ3) is 5.86. The Morgan fingerprint density at radius 2 is 1.63 bits per heavy atom. The number of carboxylic acid groups (broad SMARTS) is 1. The summed E-state index contributed by atoms with van der Waals surface area (Å²) in [5, 5.41) is 11.3. The molecule has 0 atom stereocenters. The van der Waals surface area contributed by atoms with Crippen LogP contribution in [0.25, 0.3) is 10.9 Å². The van der Waals surface area contributed by atoms with Gasteiger partial charge in [-0.1, -0.05) is 11.6 Å². The van der Waals surface area contributed by atoms with Crippen LogP contribution >= 0.6 is 11.6 Å². The van der Waals surface area contributed by atoms with Crippen LogP contribution in [0, 0.1) is 13.8 Å². The Morgan fingerprint density at radius 3 is 2.32 bits per heavy atom. The van der Waals surface area contributed by atoms with Crippen LogP contribution in [0.1, 0.15) is 17.5 Å². The fourth-order valence-electron chi connectivity index (χ4n) is 4.10. The highest BCUT2D eigenvalue weighted by Crippen LogP contribution is 2.39. The van der Waals surface area contributed by atoms with Gasteiger partial charge >= 0.3 is 6.09 Å². The Labute approximate surface area is 226 Å². The molecular formula is C29H29ClN2O6. The van der Waals surface area contributed by atoms with E-state index < -0.39 is 6.09 Å². The third-order valence-electron chi connectivity index (χ3n) is 6.27. The average molecular weight is 537 g/mol. The lowest BCUT2D eigenvalue weighted by Gasteiger charge is -2.23. The highest BCUT2D eigenvalue weighted by atomic mass is 35.5. The van der Waals surface area contributed by atoms with Gasteiger partial charge in [-0.15, -0.1) is 0 Å². The molecule has 1 N–H and O–H groups in total. The van der Waals surface area contributed by atoms with E-state index in [1.807, 2.05) is 19.9 Å². The zero-order chi connectivity index (χ0) is 27.2. The first-order valence-electron chi connectivity index (χ1n) is 12.0. The van der Waals surface area contributed by atoms with Crippen molar-refractivity contribution in [2.24, 2.45) is 0 Å². The Kier molecular flexibility index (Phi) is 8.43. The Morgan fingerprint density at radius 1 is 0.921 bits per heavy atom. The summed E-state index contributed by atoms with van der Waals surface area (Å²) in [6, 6.07) is 16.0. The number of anilines is 1. The molecule has 0 aliphatic rings. The topological polar surface area (TPSA) is 90.4 Å². The quantitative estimate of drug-likeness (QED) is 0.213. The normalized spacial score (nSPS) is 10.8. The molecule has 0 spiro atoms. The van der Waals surface area contributed by atoms with Gasteiger partial charge in [-0.2, -0.15) is 0 Å². The molecule has 38 heavy (non-hydrogen) atoms. The zero-order valence-electron chi connectivity index (χ0n) is 21.7. The number of halogens is 1. The van der Waals surface area contributed by atoms with Gasteiger partial charge in [-0.3, -0.25) is 9.88 Å². The van der Waals surface area contributed by atoms with Crippen LogP contribution in [-0.2, 0) is 0 Å². The highest BCUT2D eigenvalue weighted by Gasteiger charge is 2.20. The van der Waals surface area contributed by atoms with Gasteiger partial charge < -0.3 is 24.1 Å². The molecule has 0 unspecified atom stereocenters. The van der Waals surface area contributed by atoms with E-state index in [9.17, 15) is 9.90 Å². The maximum absolute atomic E-state index is 12.1. The number of aromatic nitrogens is 1. The third-order valence-corrected chi connectivity index (χ3v) is 6.52. The Balaban J connectivity index is 1.53. The van der Waals surface area contributed by atoms with Crippen LogP contribution in [0.3, 0.4) is 0 Å². The second-order valence-corrected chi connectivity index (χ2v) is 8.99. The molecule has 0 saturated carbocycles. The molecular weight excluding hydrogens is 508 g/mol. The van der Waals surface area contributed by atoms with E-state index in [0.717, 1.165) is 16.5 Å². The standard InChI is InChI=1S/C29H29ClN2O6/c1-18-19(2)25(38-26-12-13-31-23-17-28(36-4)27(35-3)16-22(23)26)11-10-24(18)32(29(33)34)14-5-15-37-21-8-6-20(30)7-9-21/h6-13,16-17H,5,14-15H2,1-4H3,(H,33,34). The van der Waals surface area contributed by atoms with Crippen molar-refractivity contribution in [3.05, 3.63) is 76.9 Å². The van der Waals surface area contributed by atoms with E-state index >= 15 is 0 Å².